The maximum atomic E-state index is 11.2. The Hall–Kier alpha value is -4.51. The molecular weight excluding hydrogens is 759 g/mol. The molecule has 1 atom stereocenters. The summed E-state index contributed by atoms with van der Waals surface area (Å²) in [6.07, 6.45) is 8.01. The van der Waals surface area contributed by atoms with Crippen LogP contribution in [0.15, 0.2) is 76.5 Å². The molecule has 0 radical (unpaired) electrons. The van der Waals surface area contributed by atoms with Gasteiger partial charge in [-0.25, -0.2) is 0 Å². The van der Waals surface area contributed by atoms with E-state index >= 15 is 0 Å². The fourth-order valence-electron chi connectivity index (χ4n) is 3.49. The molecule has 1 unspecified atom stereocenters. The summed E-state index contributed by atoms with van der Waals surface area (Å²) in [5.74, 6) is 0.720. The third-order valence-corrected chi connectivity index (χ3v) is 9.06. The molecule has 8 N–H and O–H groups in total. The van der Waals surface area contributed by atoms with Crippen molar-refractivity contribution in [2.75, 3.05) is 36.4 Å². The number of ketones is 1. The molecule has 56 heavy (non-hydrogen) atoms. The number of aldehydes is 1. The van der Waals surface area contributed by atoms with Crippen molar-refractivity contribution in [3.63, 3.8) is 0 Å². The molecule has 0 aliphatic carbocycles. The highest BCUT2D eigenvalue weighted by Gasteiger charge is 2.14. The van der Waals surface area contributed by atoms with Crippen LogP contribution in [0.2, 0.25) is 0 Å². The summed E-state index contributed by atoms with van der Waals surface area (Å²) in [6.45, 7) is 16.6. The molecule has 318 valence electrons. The third kappa shape index (κ3) is 28.0. The SMILES string of the molecule is CC.CCCC.CCCCC(=O)C(C)CC.CN(C)C(=O)CCC=O.Cc1ccc(N)cc1.Nc1ccc(NNc2ccc(S(=O)(=O)O)cc2)cc1S(=O)(=O)O. The molecule has 0 aliphatic heterocycles. The minimum absolute atomic E-state index is 0.00194. The van der Waals surface area contributed by atoms with Crippen LogP contribution in [0.4, 0.5) is 22.7 Å². The first-order chi connectivity index (χ1) is 26.2. The quantitative estimate of drug-likeness (QED) is 0.0387. The van der Waals surface area contributed by atoms with Crippen LogP contribution in [-0.2, 0) is 34.6 Å². The van der Waals surface area contributed by atoms with Gasteiger partial charge in [-0.1, -0.05) is 85.4 Å². The van der Waals surface area contributed by atoms with Crippen molar-refractivity contribution in [1.29, 1.82) is 0 Å². The molecule has 0 aliphatic rings. The number of carbonyl (C=O) groups is 3. The van der Waals surface area contributed by atoms with Crippen LogP contribution in [0, 0.1) is 12.8 Å². The van der Waals surface area contributed by atoms with Crippen LogP contribution < -0.4 is 22.3 Å². The van der Waals surface area contributed by atoms with Gasteiger partial charge >= 0.3 is 0 Å². The Morgan fingerprint density at radius 2 is 1.27 bits per heavy atom. The average Bonchev–Trinajstić information content (AvgIpc) is 3.17. The Labute approximate surface area is 336 Å². The van der Waals surface area contributed by atoms with Gasteiger partial charge in [-0.15, -0.1) is 0 Å². The van der Waals surface area contributed by atoms with Gasteiger partial charge in [0.25, 0.3) is 20.2 Å². The van der Waals surface area contributed by atoms with E-state index < -0.39 is 25.1 Å². The minimum atomic E-state index is -4.45. The van der Waals surface area contributed by atoms with Crippen LogP contribution in [-0.4, -0.2) is 62.9 Å². The summed E-state index contributed by atoms with van der Waals surface area (Å²) in [7, 11) is -5.37. The number of hydrazine groups is 1. The normalized spacial score (nSPS) is 10.6. The molecule has 16 heteroatoms. The van der Waals surface area contributed by atoms with E-state index in [2.05, 4.69) is 38.5 Å². The van der Waals surface area contributed by atoms with Crippen LogP contribution in [0.25, 0.3) is 0 Å². The molecule has 0 saturated heterocycles. The zero-order valence-electron chi connectivity index (χ0n) is 34.8. The molecule has 0 heterocycles. The molecule has 3 aromatic rings. The number of nitrogens with one attached hydrogen (secondary N) is 2. The molecule has 0 aromatic heterocycles. The smallest absolute Gasteiger partial charge is 0.296 e. The number of rotatable bonds is 14. The van der Waals surface area contributed by atoms with E-state index in [9.17, 15) is 31.2 Å². The van der Waals surface area contributed by atoms with E-state index in [0.717, 1.165) is 43.7 Å². The number of Topliss-reactive ketones (excluding diaryl/α,β-unsaturated/α-hetero) is 1. The second-order valence-electron chi connectivity index (χ2n) is 12.3. The summed E-state index contributed by atoms with van der Waals surface area (Å²) in [5, 5.41) is 0. The van der Waals surface area contributed by atoms with Gasteiger partial charge in [0.15, 0.2) is 0 Å². The van der Waals surface area contributed by atoms with Gasteiger partial charge in [0, 0.05) is 45.0 Å². The number of hydrogen-bond donors (Lipinski definition) is 6. The molecular formula is C40H67N5O9S2. The van der Waals surface area contributed by atoms with Crippen molar-refractivity contribution in [3.8, 4) is 0 Å². The van der Waals surface area contributed by atoms with E-state index in [-0.39, 0.29) is 22.4 Å². The van der Waals surface area contributed by atoms with Crippen molar-refractivity contribution in [2.45, 2.75) is 117 Å². The Balaban J connectivity index is -0.000000708. The van der Waals surface area contributed by atoms with Gasteiger partial charge in [0.2, 0.25) is 5.91 Å². The number of nitrogen functional groups attached to an aromatic ring is 2. The number of benzene rings is 3. The van der Waals surface area contributed by atoms with Gasteiger partial charge < -0.3 is 32.0 Å². The van der Waals surface area contributed by atoms with Crippen LogP contribution in [0.5, 0.6) is 0 Å². The molecule has 1 amide bonds. The van der Waals surface area contributed by atoms with Gasteiger partial charge in [-0.3, -0.25) is 18.7 Å². The van der Waals surface area contributed by atoms with Gasteiger partial charge in [0.05, 0.1) is 22.0 Å². The molecule has 3 aromatic carbocycles. The topological polar surface area (TPSA) is 239 Å². The van der Waals surface area contributed by atoms with Crippen LogP contribution in [0.3, 0.4) is 0 Å². The van der Waals surface area contributed by atoms with Gasteiger partial charge in [-0.05, 0) is 74.4 Å². The number of carbonyl (C=O) groups excluding carboxylic acids is 3. The summed E-state index contributed by atoms with van der Waals surface area (Å²) in [4.78, 5) is 32.3. The third-order valence-electron chi connectivity index (χ3n) is 7.29. The largest absolute Gasteiger partial charge is 0.399 e. The maximum absolute atomic E-state index is 11.2. The van der Waals surface area contributed by atoms with Crippen molar-refractivity contribution >= 4 is 61.0 Å². The highest BCUT2D eigenvalue weighted by Crippen LogP contribution is 2.23. The van der Waals surface area contributed by atoms with Crippen molar-refractivity contribution in [1.82, 2.24) is 4.90 Å². The molecule has 0 fully saturated rings. The van der Waals surface area contributed by atoms with E-state index in [1.54, 1.807) is 14.1 Å². The van der Waals surface area contributed by atoms with Crippen molar-refractivity contribution in [2.24, 2.45) is 5.92 Å². The van der Waals surface area contributed by atoms with Crippen molar-refractivity contribution < 1.29 is 40.3 Å². The molecule has 3 rings (SSSR count). The van der Waals surface area contributed by atoms with E-state index in [0.29, 0.717) is 30.0 Å². The number of anilines is 4. The Kier molecular flexibility index (Phi) is 31.6. The van der Waals surface area contributed by atoms with E-state index in [1.165, 1.54) is 59.7 Å². The monoisotopic (exact) mass is 825 g/mol. The number of nitrogens with two attached hydrogens (primary N) is 2. The predicted molar refractivity (Wildman–Crippen MR) is 230 cm³/mol. The predicted octanol–water partition coefficient (Wildman–Crippen LogP) is 8.46. The Bertz CT molecular complexity index is 1710. The summed E-state index contributed by atoms with van der Waals surface area (Å²) in [6, 6.07) is 16.8. The maximum Gasteiger partial charge on any atom is 0.296 e. The number of nitrogens with zero attached hydrogens (tertiary/aromatic N) is 1. The lowest BCUT2D eigenvalue weighted by atomic mass is 9.99. The summed E-state index contributed by atoms with van der Waals surface area (Å²) >= 11 is 0. The summed E-state index contributed by atoms with van der Waals surface area (Å²) in [5.41, 5.74) is 19.0. The fraction of sp³-hybridized carbons (Fsp3) is 0.475. The number of aryl methyl sites for hydroxylation is 1. The second kappa shape index (κ2) is 31.7. The fourth-order valence-corrected chi connectivity index (χ4v) is 4.61. The molecule has 0 spiro atoms. The first kappa shape index (κ1) is 55.8. The zero-order chi connectivity index (χ0) is 43.9. The van der Waals surface area contributed by atoms with Gasteiger partial charge in [-0.2, -0.15) is 16.8 Å². The highest BCUT2D eigenvalue weighted by molar-refractivity contribution is 7.86. The van der Waals surface area contributed by atoms with Crippen LogP contribution >= 0.6 is 0 Å². The highest BCUT2D eigenvalue weighted by atomic mass is 32.2. The number of unbranched alkanes of at least 4 members (excludes halogenated alkanes) is 2. The van der Waals surface area contributed by atoms with Crippen molar-refractivity contribution in [3.05, 3.63) is 72.3 Å². The lowest BCUT2D eigenvalue weighted by molar-refractivity contribution is -0.129. The standard InChI is InChI=1S/C12H13N3O6S2.C9H18O.C7H9N.C6H11NO2.C4H10.C2H6/c13-11-6-3-9(7-12(11)23(19,20)21)15-14-8-1-4-10(5-2-8)22(16,17)18;1-4-6-7-9(10)8(3)5-2;1-6-2-4-7(8)5-3-6;1-7(2)6(9)4-3-5-8;1-3-4-2;1-2/h1-7,14-15H,13H2,(H,16,17,18)(H,19,20,21);8H,4-7H2,1-3H3;2-5H,8H2,1H3;5H,3-4H2,1-2H3;3-4H2,1-2H3;1-2H3. The second-order valence-corrected chi connectivity index (χ2v) is 15.1. The first-order valence-corrected chi connectivity index (χ1v) is 21.5. The van der Waals surface area contributed by atoms with Crippen LogP contribution in [0.1, 0.15) is 105 Å². The molecule has 0 saturated carbocycles. The lowest BCUT2D eigenvalue weighted by Gasteiger charge is -2.11. The number of amides is 1. The minimum Gasteiger partial charge on any atom is -0.399 e. The molecule has 0 bridgehead atoms. The Morgan fingerprint density at radius 3 is 1.66 bits per heavy atom. The van der Waals surface area contributed by atoms with E-state index in [4.69, 9.17) is 20.6 Å². The van der Waals surface area contributed by atoms with E-state index in [1.807, 2.05) is 52.0 Å². The van der Waals surface area contributed by atoms with Gasteiger partial charge in [0.1, 0.15) is 17.0 Å². The number of hydrogen-bond acceptors (Lipinski definition) is 11. The molecule has 14 nitrogen and oxygen atoms in total. The Morgan fingerprint density at radius 1 is 0.768 bits per heavy atom. The summed E-state index contributed by atoms with van der Waals surface area (Å²) < 4.78 is 62.1. The first-order valence-electron chi connectivity index (χ1n) is 18.6. The zero-order valence-corrected chi connectivity index (χ0v) is 36.5. The average molecular weight is 826 g/mol. The lowest BCUT2D eigenvalue weighted by Crippen LogP contribution is -2.21.